The number of hydrogen-bond acceptors (Lipinski definition) is 1. The third-order valence-corrected chi connectivity index (χ3v) is 2.71. The lowest BCUT2D eigenvalue weighted by Crippen LogP contribution is -1.88. The van der Waals surface area contributed by atoms with E-state index < -0.39 is 0 Å². The van der Waals surface area contributed by atoms with Gasteiger partial charge in [-0.25, -0.2) is 4.39 Å². The third-order valence-electron chi connectivity index (χ3n) is 1.77. The lowest BCUT2D eigenvalue weighted by Gasteiger charge is -1.97. The van der Waals surface area contributed by atoms with Crippen LogP contribution in [-0.4, -0.2) is 7.85 Å². The summed E-state index contributed by atoms with van der Waals surface area (Å²) in [5.41, 5.74) is 0.615. The van der Waals surface area contributed by atoms with Gasteiger partial charge in [0.15, 0.2) is 0 Å². The summed E-state index contributed by atoms with van der Waals surface area (Å²) in [5.74, 6) is -0.204. The molecule has 0 bridgehead atoms. The number of rotatable bonds is 1. The fourth-order valence-corrected chi connectivity index (χ4v) is 1.96. The Kier molecular flexibility index (Phi) is 2.19. The van der Waals surface area contributed by atoms with E-state index in [0.29, 0.717) is 10.3 Å². The SMILES string of the molecule is [B]c1ccc(-c2ccccc2F)s1. The third kappa shape index (κ3) is 1.65. The molecule has 62 valence electrons. The van der Waals surface area contributed by atoms with Gasteiger partial charge in [0, 0.05) is 10.4 Å². The number of halogens is 1. The summed E-state index contributed by atoms with van der Waals surface area (Å²) in [6, 6.07) is 10.3. The van der Waals surface area contributed by atoms with Gasteiger partial charge >= 0.3 is 0 Å². The lowest BCUT2D eigenvalue weighted by molar-refractivity contribution is 0.631. The fourth-order valence-electron chi connectivity index (χ4n) is 1.16. The Labute approximate surface area is 81.4 Å². The van der Waals surface area contributed by atoms with E-state index in [2.05, 4.69) is 0 Å². The minimum atomic E-state index is -0.204. The van der Waals surface area contributed by atoms with Crippen LogP contribution < -0.4 is 4.78 Å². The van der Waals surface area contributed by atoms with Crippen molar-refractivity contribution in [1.82, 2.24) is 0 Å². The van der Waals surface area contributed by atoms with Crippen LogP contribution >= 0.6 is 11.3 Å². The zero-order valence-electron chi connectivity index (χ0n) is 6.83. The Balaban J connectivity index is 2.52. The molecule has 3 heteroatoms. The molecule has 1 aromatic carbocycles. The van der Waals surface area contributed by atoms with E-state index >= 15 is 0 Å². The highest BCUT2D eigenvalue weighted by Crippen LogP contribution is 2.25. The molecule has 0 amide bonds. The first kappa shape index (κ1) is 8.51. The molecule has 0 aliphatic heterocycles. The first-order valence-corrected chi connectivity index (χ1v) is 4.69. The van der Waals surface area contributed by atoms with Crippen LogP contribution in [-0.2, 0) is 0 Å². The molecule has 1 heterocycles. The van der Waals surface area contributed by atoms with Crippen LogP contribution in [0.1, 0.15) is 0 Å². The average Bonchev–Trinajstić information content (AvgIpc) is 2.53. The summed E-state index contributed by atoms with van der Waals surface area (Å²) in [4.78, 5) is 0.871. The Morgan fingerprint density at radius 3 is 2.46 bits per heavy atom. The van der Waals surface area contributed by atoms with Crippen LogP contribution in [0, 0.1) is 5.82 Å². The van der Waals surface area contributed by atoms with E-state index in [-0.39, 0.29) is 5.82 Å². The monoisotopic (exact) mass is 188 g/mol. The maximum Gasteiger partial charge on any atom is 0.131 e. The van der Waals surface area contributed by atoms with E-state index in [9.17, 15) is 4.39 Å². The van der Waals surface area contributed by atoms with Gasteiger partial charge in [-0.15, -0.1) is 0 Å². The first-order valence-electron chi connectivity index (χ1n) is 3.87. The van der Waals surface area contributed by atoms with Crippen molar-refractivity contribution in [3.63, 3.8) is 0 Å². The van der Waals surface area contributed by atoms with Gasteiger partial charge in [0.2, 0.25) is 0 Å². The fraction of sp³-hybridized carbons (Fsp3) is 0. The molecule has 0 nitrogen and oxygen atoms in total. The van der Waals surface area contributed by atoms with Crippen molar-refractivity contribution in [2.75, 3.05) is 0 Å². The van der Waals surface area contributed by atoms with Crippen molar-refractivity contribution in [3.8, 4) is 10.4 Å². The van der Waals surface area contributed by atoms with Crippen LogP contribution in [0.4, 0.5) is 4.39 Å². The molecule has 0 spiro atoms. The van der Waals surface area contributed by atoms with Crippen molar-refractivity contribution < 1.29 is 4.39 Å². The van der Waals surface area contributed by atoms with Gasteiger partial charge in [0.05, 0.1) is 0 Å². The second-order valence-electron chi connectivity index (χ2n) is 2.68. The Morgan fingerprint density at radius 1 is 1.08 bits per heavy atom. The number of thiophene rings is 1. The molecule has 1 aromatic heterocycles. The molecule has 2 radical (unpaired) electrons. The molecular formula is C10H6BFS. The first-order chi connectivity index (χ1) is 6.27. The Bertz CT molecular complexity index is 422. The smallest absolute Gasteiger partial charge is 0.131 e. The van der Waals surface area contributed by atoms with Crippen LogP contribution in [0.25, 0.3) is 10.4 Å². The van der Waals surface area contributed by atoms with Crippen LogP contribution in [0.2, 0.25) is 0 Å². The quantitative estimate of drug-likeness (QED) is 0.602. The molecule has 0 saturated heterocycles. The zero-order valence-corrected chi connectivity index (χ0v) is 7.64. The molecule has 0 fully saturated rings. The highest BCUT2D eigenvalue weighted by atomic mass is 32.1. The molecule has 13 heavy (non-hydrogen) atoms. The molecule has 0 aliphatic rings. The van der Waals surface area contributed by atoms with Crippen LogP contribution in [0.5, 0.6) is 0 Å². The largest absolute Gasteiger partial charge is 0.206 e. The molecule has 0 unspecified atom stereocenters. The van der Waals surface area contributed by atoms with E-state index in [1.54, 1.807) is 18.2 Å². The lowest BCUT2D eigenvalue weighted by atomic mass is 10.1. The predicted molar refractivity (Wildman–Crippen MR) is 55.1 cm³/mol. The van der Waals surface area contributed by atoms with Crippen molar-refractivity contribution in [2.24, 2.45) is 0 Å². The average molecular weight is 188 g/mol. The molecule has 0 N–H and O–H groups in total. The highest BCUT2D eigenvalue weighted by molar-refractivity contribution is 7.23. The van der Waals surface area contributed by atoms with E-state index in [1.807, 2.05) is 12.1 Å². The highest BCUT2D eigenvalue weighted by Gasteiger charge is 2.04. The minimum absolute atomic E-state index is 0.204. The maximum atomic E-state index is 13.3. The summed E-state index contributed by atoms with van der Waals surface area (Å²) < 4.78 is 14.0. The van der Waals surface area contributed by atoms with Crippen LogP contribution in [0.15, 0.2) is 36.4 Å². The van der Waals surface area contributed by atoms with Gasteiger partial charge in [0.1, 0.15) is 13.7 Å². The second kappa shape index (κ2) is 3.34. The van der Waals surface area contributed by atoms with Crippen molar-refractivity contribution in [3.05, 3.63) is 42.2 Å². The molecular weight excluding hydrogens is 182 g/mol. The molecule has 0 saturated carbocycles. The Hall–Kier alpha value is -1.09. The number of benzene rings is 1. The van der Waals surface area contributed by atoms with E-state index in [0.717, 1.165) is 4.88 Å². The normalized spacial score (nSPS) is 10.2. The topological polar surface area (TPSA) is 0 Å². The second-order valence-corrected chi connectivity index (χ2v) is 3.80. The van der Waals surface area contributed by atoms with Crippen molar-refractivity contribution in [1.29, 1.82) is 0 Å². The van der Waals surface area contributed by atoms with Crippen molar-refractivity contribution >= 4 is 24.0 Å². The van der Waals surface area contributed by atoms with Crippen molar-refractivity contribution in [2.45, 2.75) is 0 Å². The van der Waals surface area contributed by atoms with Gasteiger partial charge in [0.25, 0.3) is 0 Å². The summed E-state index contributed by atoms with van der Waals surface area (Å²) in [6.45, 7) is 0. The maximum absolute atomic E-state index is 13.3. The van der Waals surface area contributed by atoms with Gasteiger partial charge in [-0.3, -0.25) is 0 Å². The van der Waals surface area contributed by atoms with E-state index in [1.165, 1.54) is 17.4 Å². The van der Waals surface area contributed by atoms with Crippen LogP contribution in [0.3, 0.4) is 0 Å². The standard InChI is InChI=1S/C10H6BFS/c11-10-6-5-9(13-10)7-3-1-2-4-8(7)12/h1-6H. The Morgan fingerprint density at radius 2 is 1.85 bits per heavy atom. The van der Waals surface area contributed by atoms with Gasteiger partial charge in [-0.1, -0.05) is 24.3 Å². The summed E-state index contributed by atoms with van der Waals surface area (Å²) >= 11 is 1.39. The molecule has 0 atom stereocenters. The summed E-state index contributed by atoms with van der Waals surface area (Å²) in [6.07, 6.45) is 0. The minimum Gasteiger partial charge on any atom is -0.206 e. The van der Waals surface area contributed by atoms with Gasteiger partial charge in [-0.2, -0.15) is 11.3 Å². The predicted octanol–water partition coefficient (Wildman–Crippen LogP) is 2.35. The molecule has 2 rings (SSSR count). The van der Waals surface area contributed by atoms with Gasteiger partial charge in [-0.05, 0) is 16.9 Å². The molecule has 0 aliphatic carbocycles. The van der Waals surface area contributed by atoms with Gasteiger partial charge < -0.3 is 0 Å². The van der Waals surface area contributed by atoms with E-state index in [4.69, 9.17) is 7.85 Å². The summed E-state index contributed by atoms with van der Waals surface area (Å²) in [7, 11) is 5.56. The summed E-state index contributed by atoms with van der Waals surface area (Å²) in [5, 5.41) is 0. The molecule has 2 aromatic rings. The zero-order chi connectivity index (χ0) is 9.26. The number of hydrogen-bond donors (Lipinski definition) is 0.